The highest BCUT2D eigenvalue weighted by Gasteiger charge is 2.23. The number of nitrogens with one attached hydrogen (secondary N) is 1. The van der Waals surface area contributed by atoms with E-state index >= 15 is 0 Å². The van der Waals surface area contributed by atoms with Crippen molar-refractivity contribution in [2.24, 2.45) is 0 Å². The van der Waals surface area contributed by atoms with Crippen molar-refractivity contribution >= 4 is 11.9 Å². The van der Waals surface area contributed by atoms with Crippen LogP contribution in [0.5, 0.6) is 0 Å². The third kappa shape index (κ3) is 12.6. The summed E-state index contributed by atoms with van der Waals surface area (Å²) in [6, 6.07) is 13.4. The minimum atomic E-state index is -0.961. The average molecular weight is 602 g/mol. The van der Waals surface area contributed by atoms with Gasteiger partial charge >= 0.3 is 0 Å². The first-order valence-corrected chi connectivity index (χ1v) is 16.7. The van der Waals surface area contributed by atoms with Gasteiger partial charge in [0.15, 0.2) is 24.8 Å². The Morgan fingerprint density at radius 3 is 1.82 bits per heavy atom. The van der Waals surface area contributed by atoms with Crippen molar-refractivity contribution in [3.8, 4) is 0 Å². The first-order chi connectivity index (χ1) is 21.4. The molecule has 3 rings (SSSR count). The molecule has 44 heavy (non-hydrogen) atoms. The predicted octanol–water partition coefficient (Wildman–Crippen LogP) is 5.52. The van der Waals surface area contributed by atoms with E-state index in [1.165, 1.54) is 16.7 Å². The highest BCUT2D eigenvalue weighted by Crippen LogP contribution is 2.38. The second-order valence-corrected chi connectivity index (χ2v) is 12.1. The van der Waals surface area contributed by atoms with Crippen LogP contribution in [-0.4, -0.2) is 23.4 Å². The van der Waals surface area contributed by atoms with Crippen LogP contribution in [0.3, 0.4) is 0 Å². The molecule has 0 saturated heterocycles. The summed E-state index contributed by atoms with van der Waals surface area (Å²) in [5.74, 6) is 0.502. The molecule has 3 aromatic heterocycles. The number of aryl methyl sites for hydroxylation is 2. The average Bonchev–Trinajstić information content (AvgIpc) is 3.03. The number of carbonyl (C=O) groups is 2. The Labute approximate surface area is 264 Å². The van der Waals surface area contributed by atoms with Gasteiger partial charge in [-0.1, -0.05) is 13.8 Å². The molecule has 7 nitrogen and oxygen atoms in total. The van der Waals surface area contributed by atoms with Crippen LogP contribution in [-0.2, 0) is 22.7 Å². The van der Waals surface area contributed by atoms with E-state index < -0.39 is 5.97 Å². The van der Waals surface area contributed by atoms with Gasteiger partial charge in [0.05, 0.1) is 0 Å². The fraction of sp³-hybridized carbons (Fsp3) is 0.541. The maximum atomic E-state index is 11.6. The molecule has 0 spiro atoms. The first kappa shape index (κ1) is 34.9. The number of hydrogen-bond acceptors (Lipinski definition) is 4. The lowest BCUT2D eigenvalue weighted by Gasteiger charge is -2.26. The maximum absolute atomic E-state index is 11.6. The third-order valence-electron chi connectivity index (χ3n) is 8.74. The second kappa shape index (κ2) is 19.6. The number of carboxylic acids is 1. The van der Waals surface area contributed by atoms with Gasteiger partial charge in [-0.15, -0.1) is 0 Å². The number of aromatic nitrogens is 3. The van der Waals surface area contributed by atoms with E-state index in [2.05, 4.69) is 94.5 Å². The summed E-state index contributed by atoms with van der Waals surface area (Å²) in [5.41, 5.74) is 4.09. The van der Waals surface area contributed by atoms with E-state index in [9.17, 15) is 14.7 Å². The van der Waals surface area contributed by atoms with Crippen molar-refractivity contribution in [3.63, 3.8) is 0 Å². The molecule has 0 radical (unpaired) electrons. The van der Waals surface area contributed by atoms with Gasteiger partial charge in [0.25, 0.3) is 0 Å². The lowest BCUT2D eigenvalue weighted by atomic mass is 9.79. The molecule has 3 heterocycles. The van der Waals surface area contributed by atoms with E-state index in [0.29, 0.717) is 37.1 Å². The van der Waals surface area contributed by atoms with Crippen LogP contribution in [0.2, 0.25) is 0 Å². The van der Waals surface area contributed by atoms with Crippen molar-refractivity contribution in [2.75, 3.05) is 6.54 Å². The first-order valence-electron chi connectivity index (χ1n) is 16.7. The molecule has 3 aromatic rings. The van der Waals surface area contributed by atoms with Crippen LogP contribution in [0, 0.1) is 0 Å². The quantitative estimate of drug-likeness (QED) is 0.129. The molecular weight excluding hydrogens is 548 g/mol. The fourth-order valence-electron chi connectivity index (χ4n) is 6.07. The molecule has 7 heteroatoms. The van der Waals surface area contributed by atoms with Crippen LogP contribution >= 0.6 is 0 Å². The van der Waals surface area contributed by atoms with E-state index in [1.54, 1.807) is 0 Å². The second-order valence-electron chi connectivity index (χ2n) is 12.1. The Hall–Kier alpha value is -3.61. The molecule has 3 atom stereocenters. The Morgan fingerprint density at radius 2 is 1.27 bits per heavy atom. The van der Waals surface area contributed by atoms with Gasteiger partial charge in [-0.25, -0.2) is 9.13 Å². The monoisotopic (exact) mass is 601 g/mol. The van der Waals surface area contributed by atoms with Gasteiger partial charge in [0.2, 0.25) is 5.91 Å². The van der Waals surface area contributed by atoms with E-state index in [4.69, 9.17) is 0 Å². The summed E-state index contributed by atoms with van der Waals surface area (Å²) < 4.78 is 4.45. The third-order valence-corrected chi connectivity index (χ3v) is 8.74. The minimum absolute atomic E-state index is 0.144. The number of aliphatic carboxylic acids is 1. The van der Waals surface area contributed by atoms with Crippen LogP contribution in [0.1, 0.15) is 126 Å². The number of carboxylic acid groups (broad SMARTS) is 1. The molecule has 0 aliphatic rings. The molecular formula is C37H53N4O3+. The summed E-state index contributed by atoms with van der Waals surface area (Å²) in [7, 11) is 0. The lowest BCUT2D eigenvalue weighted by Crippen LogP contribution is -2.32. The van der Waals surface area contributed by atoms with Gasteiger partial charge in [-0.05, 0) is 105 Å². The zero-order valence-electron chi connectivity index (χ0n) is 27.1. The van der Waals surface area contributed by atoms with Crippen molar-refractivity contribution in [1.29, 1.82) is 0 Å². The van der Waals surface area contributed by atoms with Crippen molar-refractivity contribution in [3.05, 3.63) is 90.3 Å². The van der Waals surface area contributed by atoms with E-state index in [1.807, 2.05) is 19.3 Å². The van der Waals surface area contributed by atoms with E-state index in [-0.39, 0.29) is 12.3 Å². The molecule has 0 aromatic carbocycles. The van der Waals surface area contributed by atoms with Gasteiger partial charge in [0, 0.05) is 68.4 Å². The number of unbranched alkanes of at least 4 members (excludes halogenated alkanes) is 4. The minimum Gasteiger partial charge on any atom is -0.550 e. The summed E-state index contributed by atoms with van der Waals surface area (Å²) in [4.78, 5) is 26.5. The molecule has 0 aliphatic carbocycles. The lowest BCUT2D eigenvalue weighted by molar-refractivity contribution is -0.697. The maximum Gasteiger partial charge on any atom is 0.219 e. The van der Waals surface area contributed by atoms with Gasteiger partial charge < -0.3 is 15.2 Å². The molecule has 238 valence electrons. The normalized spacial score (nSPS) is 13.2. The number of pyridine rings is 3. The summed E-state index contributed by atoms with van der Waals surface area (Å²) in [5, 5.41) is 13.5. The van der Waals surface area contributed by atoms with Crippen molar-refractivity contribution < 1.29 is 23.8 Å². The number of rotatable bonds is 21. The Kier molecular flexibility index (Phi) is 15.6. The number of hydrogen-bond donors (Lipinski definition) is 1. The number of nitrogens with zero attached hydrogens (tertiary/aromatic N) is 3. The van der Waals surface area contributed by atoms with Crippen LogP contribution < -0.4 is 19.6 Å². The Balaban J connectivity index is 1.57. The molecule has 1 N–H and O–H groups in total. The van der Waals surface area contributed by atoms with Gasteiger partial charge in [-0.2, -0.15) is 0 Å². The molecule has 3 unspecified atom stereocenters. The van der Waals surface area contributed by atoms with Gasteiger partial charge in [0.1, 0.15) is 13.1 Å². The topological polar surface area (TPSA) is 89.9 Å². The van der Waals surface area contributed by atoms with Crippen LogP contribution in [0.25, 0.3) is 0 Å². The summed E-state index contributed by atoms with van der Waals surface area (Å²) in [6.07, 6.45) is 22.2. The highest BCUT2D eigenvalue weighted by atomic mass is 16.4. The van der Waals surface area contributed by atoms with Gasteiger partial charge in [-0.3, -0.25) is 9.78 Å². The molecule has 0 aliphatic heterocycles. The Morgan fingerprint density at radius 1 is 0.727 bits per heavy atom. The molecule has 0 bridgehead atoms. The van der Waals surface area contributed by atoms with Crippen LogP contribution in [0.4, 0.5) is 0 Å². The van der Waals surface area contributed by atoms with Crippen LogP contribution in [0.15, 0.2) is 73.6 Å². The standard InChI is InChI=1S/C37H52N4O3/c1-4-31(34-18-26-41(27-19-34)22-10-6-8-12-36(42)39-5-2)29-35(33-14-20-38-21-15-33)28-30(3)32-16-24-40(25-17-32)23-11-7-9-13-37(43)44/h14-21,24-27,30-31,35H,4-13,22-23,28-29H2,1-3H3/p+1. The van der Waals surface area contributed by atoms with Crippen molar-refractivity contribution in [2.45, 2.75) is 122 Å². The molecule has 1 amide bonds. The van der Waals surface area contributed by atoms with Crippen molar-refractivity contribution in [1.82, 2.24) is 10.3 Å². The predicted molar refractivity (Wildman–Crippen MR) is 172 cm³/mol. The SMILES string of the molecule is CCNC(=O)CCCCC[n+]1ccc(C(CC)CC(CC(C)c2cc[n+](CCCCCC(=O)[O-])cc2)c2ccncc2)cc1. The summed E-state index contributed by atoms with van der Waals surface area (Å²) >= 11 is 0. The Bertz CT molecular complexity index is 1230. The number of amides is 1. The fourth-order valence-corrected chi connectivity index (χ4v) is 6.07. The zero-order chi connectivity index (χ0) is 31.6. The summed E-state index contributed by atoms with van der Waals surface area (Å²) in [6.45, 7) is 9.16. The number of carbonyl (C=O) groups excluding carboxylic acids is 2. The van der Waals surface area contributed by atoms with E-state index in [0.717, 1.165) is 64.5 Å². The highest BCUT2D eigenvalue weighted by molar-refractivity contribution is 5.75. The molecule has 0 saturated carbocycles. The largest absolute Gasteiger partial charge is 0.550 e. The zero-order valence-corrected chi connectivity index (χ0v) is 27.1. The smallest absolute Gasteiger partial charge is 0.219 e. The molecule has 0 fully saturated rings.